The summed E-state index contributed by atoms with van der Waals surface area (Å²) >= 11 is 17.1. The molecule has 510 valence electrons. The fraction of sp³-hybridized carbons (Fsp3) is 0.0333. The molecule has 0 saturated carbocycles. The molecule has 7 heterocycles. The Morgan fingerprint density at radius 3 is 1.26 bits per heavy atom. The lowest BCUT2D eigenvalue weighted by atomic mass is 9.82. The van der Waals surface area contributed by atoms with E-state index in [4.69, 9.17) is 19.4 Å². The standard InChI is InChI=1S/C23H17BrN2.C20H11BrN2O.C20H13BrN2.C14H9BrN2.C13H9BrN2/c1-23(2)18-9-5-3-7-15(18)16-12-11-14(13-19(16)23)21-17-8-4-6-10-20(17)25-22(24)26-21;21-20-22-16-7-3-1-6-14(16)19(23-20)12-9-10-18-15(11-12)13-5-2-4-8-17(13)24-18;21-16-12-10-15(11-13-16)20-22-18-9-5-4-8-17(18)19(23-20)14-6-2-1-3-7-14;15-14-16-12-9-5-4-8-11(12)13(17-14)10-6-2-1-3-7-10;14-11-6-4-10(5-7-11)12-9-16-8-2-1-3-13(16)15-12/h3-13H,1-2H3;1-11H;1-13H;1-9H;1-9H. The molecule has 1 aliphatic rings. The summed E-state index contributed by atoms with van der Waals surface area (Å²) in [6.07, 6.45) is 4.04. The second-order valence-electron chi connectivity index (χ2n) is 25.6. The molecule has 106 heavy (non-hydrogen) atoms. The fourth-order valence-corrected chi connectivity index (χ4v) is 15.1. The van der Waals surface area contributed by atoms with E-state index in [1.807, 2.05) is 217 Å². The molecule has 7 aromatic heterocycles. The molecule has 0 bridgehead atoms. The van der Waals surface area contributed by atoms with Gasteiger partial charge < -0.3 is 8.82 Å². The number of aromatic nitrogens is 10. The first-order valence-corrected chi connectivity index (χ1v) is 38.1. The smallest absolute Gasteiger partial charge is 0.197 e. The highest BCUT2D eigenvalue weighted by Gasteiger charge is 2.35. The number of furan rings is 1. The van der Waals surface area contributed by atoms with Crippen LogP contribution in [0.3, 0.4) is 0 Å². The summed E-state index contributed by atoms with van der Waals surface area (Å²) in [7, 11) is 0. The van der Waals surface area contributed by atoms with Gasteiger partial charge in [-0.2, -0.15) is 0 Å². The minimum atomic E-state index is -0.0119. The molecular weight excluding hydrogens is 1640 g/mol. The zero-order chi connectivity index (χ0) is 72.3. The molecule has 0 radical (unpaired) electrons. The van der Waals surface area contributed by atoms with Crippen LogP contribution < -0.4 is 0 Å². The lowest BCUT2D eigenvalue weighted by Crippen LogP contribution is -2.14. The van der Waals surface area contributed by atoms with Crippen LogP contribution in [0.4, 0.5) is 0 Å². The largest absolute Gasteiger partial charge is 0.456 e. The van der Waals surface area contributed by atoms with Gasteiger partial charge in [-0.25, -0.2) is 44.9 Å². The van der Waals surface area contributed by atoms with Crippen molar-refractivity contribution in [1.29, 1.82) is 0 Å². The van der Waals surface area contributed by atoms with Crippen LogP contribution in [0.5, 0.6) is 0 Å². The zero-order valence-electron chi connectivity index (χ0n) is 56.9. The molecule has 0 saturated heterocycles. The summed E-state index contributed by atoms with van der Waals surface area (Å²) in [6.45, 7) is 4.60. The first-order valence-electron chi connectivity index (χ1n) is 34.1. The van der Waals surface area contributed by atoms with E-state index in [9.17, 15) is 0 Å². The highest BCUT2D eigenvalue weighted by Crippen LogP contribution is 2.50. The van der Waals surface area contributed by atoms with Gasteiger partial charge in [-0.15, -0.1) is 0 Å². The molecule has 0 amide bonds. The number of para-hydroxylation sites is 5. The predicted molar refractivity (Wildman–Crippen MR) is 449 cm³/mol. The third-order valence-electron chi connectivity index (χ3n) is 18.5. The topological polar surface area (TPSA) is 134 Å². The Morgan fingerprint density at radius 1 is 0.292 bits per heavy atom. The van der Waals surface area contributed by atoms with Gasteiger partial charge in [0.1, 0.15) is 16.8 Å². The van der Waals surface area contributed by atoms with Crippen LogP contribution >= 0.6 is 79.6 Å². The Hall–Kier alpha value is -11.1. The monoisotopic (exact) mass is 1690 g/mol. The molecule has 0 N–H and O–H groups in total. The summed E-state index contributed by atoms with van der Waals surface area (Å²) in [5.41, 5.74) is 23.3. The first kappa shape index (κ1) is 69.3. The van der Waals surface area contributed by atoms with Gasteiger partial charge in [0.2, 0.25) is 0 Å². The number of nitrogens with zero attached hydrogens (tertiary/aromatic N) is 10. The molecule has 1 aliphatic carbocycles. The van der Waals surface area contributed by atoms with Crippen molar-refractivity contribution < 1.29 is 4.42 Å². The van der Waals surface area contributed by atoms with Crippen molar-refractivity contribution in [2.24, 2.45) is 0 Å². The number of pyridine rings is 1. The minimum Gasteiger partial charge on any atom is -0.456 e. The van der Waals surface area contributed by atoms with Crippen LogP contribution in [0.2, 0.25) is 0 Å². The second-order valence-corrected chi connectivity index (χ2v) is 29.5. The van der Waals surface area contributed by atoms with Gasteiger partial charge in [0.15, 0.2) is 20.0 Å². The maximum Gasteiger partial charge on any atom is 0.197 e. The van der Waals surface area contributed by atoms with Crippen LogP contribution in [0.25, 0.3) is 150 Å². The van der Waals surface area contributed by atoms with Crippen molar-refractivity contribution in [1.82, 2.24) is 49.3 Å². The number of imidazole rings is 1. The second kappa shape index (κ2) is 30.5. The van der Waals surface area contributed by atoms with E-state index in [-0.39, 0.29) is 5.41 Å². The molecule has 0 unspecified atom stereocenters. The quantitative estimate of drug-likeness (QED) is 0.148. The molecule has 12 aromatic carbocycles. The van der Waals surface area contributed by atoms with Gasteiger partial charge in [0.05, 0.1) is 50.5 Å². The predicted octanol–water partition coefficient (Wildman–Crippen LogP) is 25.9. The number of benzene rings is 12. The molecule has 0 spiro atoms. The van der Waals surface area contributed by atoms with E-state index in [0.717, 1.165) is 148 Å². The van der Waals surface area contributed by atoms with Gasteiger partial charge in [-0.3, -0.25) is 0 Å². The number of halogens is 5. The van der Waals surface area contributed by atoms with Crippen molar-refractivity contribution >= 4 is 151 Å². The molecule has 11 nitrogen and oxygen atoms in total. The normalized spacial score (nSPS) is 11.8. The van der Waals surface area contributed by atoms with Gasteiger partial charge >= 0.3 is 0 Å². The van der Waals surface area contributed by atoms with Crippen LogP contribution in [0.15, 0.2) is 349 Å². The molecule has 16 heteroatoms. The Labute approximate surface area is 652 Å². The lowest BCUT2D eigenvalue weighted by Gasteiger charge is -2.22. The van der Waals surface area contributed by atoms with Gasteiger partial charge in [0, 0.05) is 92.5 Å². The fourth-order valence-electron chi connectivity index (χ4n) is 13.4. The zero-order valence-corrected chi connectivity index (χ0v) is 64.8. The number of hydrogen-bond acceptors (Lipinski definition) is 10. The van der Waals surface area contributed by atoms with E-state index < -0.39 is 0 Å². The molecule has 0 aliphatic heterocycles. The summed E-state index contributed by atoms with van der Waals surface area (Å²) in [6, 6.07) is 105. The molecule has 20 rings (SSSR count). The van der Waals surface area contributed by atoms with E-state index in [1.54, 1.807) is 0 Å². The van der Waals surface area contributed by atoms with Gasteiger partial charge in [-0.05, 0) is 161 Å². The van der Waals surface area contributed by atoms with Crippen molar-refractivity contribution in [3.05, 3.63) is 356 Å². The average molecular weight is 1700 g/mol. The highest BCUT2D eigenvalue weighted by atomic mass is 79.9. The van der Waals surface area contributed by atoms with Crippen LogP contribution in [-0.2, 0) is 5.41 Å². The summed E-state index contributed by atoms with van der Waals surface area (Å²) in [4.78, 5) is 41.3. The summed E-state index contributed by atoms with van der Waals surface area (Å²) in [5.74, 6) is 0.745. The molecule has 0 fully saturated rings. The van der Waals surface area contributed by atoms with E-state index in [2.05, 4.69) is 233 Å². The Morgan fingerprint density at radius 2 is 0.708 bits per heavy atom. The van der Waals surface area contributed by atoms with E-state index >= 15 is 0 Å². The summed E-state index contributed by atoms with van der Waals surface area (Å²) in [5, 5.41) is 6.46. The van der Waals surface area contributed by atoms with Crippen molar-refractivity contribution in [3.63, 3.8) is 0 Å². The minimum absolute atomic E-state index is 0.0119. The van der Waals surface area contributed by atoms with Crippen LogP contribution in [0.1, 0.15) is 25.0 Å². The van der Waals surface area contributed by atoms with Crippen molar-refractivity contribution in [3.8, 4) is 78.8 Å². The Kier molecular flexibility index (Phi) is 20.0. The lowest BCUT2D eigenvalue weighted by molar-refractivity contribution is 0.660. The molecule has 19 aromatic rings. The first-order chi connectivity index (χ1) is 51.8. The highest BCUT2D eigenvalue weighted by molar-refractivity contribution is 9.11. The number of hydrogen-bond donors (Lipinski definition) is 0. The SMILES string of the molecule is Brc1ccc(-c2cn3ccccc3n2)cc1.Brc1ccc(-c2nc(-c3ccccc3)c3ccccc3n2)cc1.Brc1nc(-c2ccc3oc4ccccc4c3c2)c2ccccc2n1.Brc1nc(-c2ccccc2)c2ccccc2n1.CC1(C)c2ccccc2-c2ccc(-c3nc(Br)nc4ccccc34)cc21. The van der Waals surface area contributed by atoms with E-state index in [1.165, 1.54) is 22.3 Å². The number of rotatable bonds is 6. The van der Waals surface area contributed by atoms with Crippen molar-refractivity contribution in [2.75, 3.05) is 0 Å². The van der Waals surface area contributed by atoms with Crippen molar-refractivity contribution in [2.45, 2.75) is 19.3 Å². The third kappa shape index (κ3) is 14.6. The molecular formula is C90H59Br5N10O. The number of fused-ring (bicyclic) bond motifs is 11. The summed E-state index contributed by atoms with van der Waals surface area (Å²) < 4.78 is 11.9. The molecule has 0 atom stereocenters. The Balaban J connectivity index is 0.000000103. The maximum atomic E-state index is 5.91. The van der Waals surface area contributed by atoms with Gasteiger partial charge in [-0.1, -0.05) is 264 Å². The third-order valence-corrected chi connectivity index (χ3v) is 20.7. The Bertz CT molecular complexity index is 6420. The van der Waals surface area contributed by atoms with Gasteiger partial charge in [0.25, 0.3) is 0 Å². The maximum absolute atomic E-state index is 5.91. The van der Waals surface area contributed by atoms with E-state index in [0.29, 0.717) is 14.2 Å². The van der Waals surface area contributed by atoms with Crippen LogP contribution in [0, 0.1) is 0 Å². The average Bonchev–Trinajstić information content (AvgIpc) is 1.58. The van der Waals surface area contributed by atoms with Crippen LogP contribution in [-0.4, -0.2) is 49.3 Å².